The summed E-state index contributed by atoms with van der Waals surface area (Å²) in [4.78, 5) is 22.4. The van der Waals surface area contributed by atoms with Gasteiger partial charge in [-0.1, -0.05) is 6.07 Å². The first-order valence-electron chi connectivity index (χ1n) is 5.93. The summed E-state index contributed by atoms with van der Waals surface area (Å²) < 4.78 is 27.3. The average molecular weight is 312 g/mol. The predicted molar refractivity (Wildman–Crippen MR) is 73.4 cm³/mol. The summed E-state index contributed by atoms with van der Waals surface area (Å²) in [5.41, 5.74) is -1.87. The van der Waals surface area contributed by atoms with Crippen molar-refractivity contribution in [2.24, 2.45) is 0 Å². The summed E-state index contributed by atoms with van der Waals surface area (Å²) in [5, 5.41) is 14.8. The molecule has 1 N–H and O–H groups in total. The normalized spacial score (nSPS) is 10.4. The highest BCUT2D eigenvalue weighted by Crippen LogP contribution is 2.22. The van der Waals surface area contributed by atoms with E-state index < -0.39 is 33.7 Å². The second-order valence-corrected chi connectivity index (χ2v) is 5.13. The minimum Gasteiger partial charge on any atom is -0.351 e. The van der Waals surface area contributed by atoms with Crippen LogP contribution < -0.4 is 5.32 Å². The van der Waals surface area contributed by atoms with Gasteiger partial charge >= 0.3 is 5.69 Å². The molecule has 110 valence electrons. The molecule has 1 aromatic carbocycles. The molecule has 0 saturated heterocycles. The van der Waals surface area contributed by atoms with Crippen LogP contribution in [0.15, 0.2) is 29.6 Å². The molecule has 1 heterocycles. The van der Waals surface area contributed by atoms with E-state index in [0.717, 1.165) is 4.88 Å². The Balaban J connectivity index is 2.11. The lowest BCUT2D eigenvalue weighted by Crippen LogP contribution is -2.27. The van der Waals surface area contributed by atoms with Gasteiger partial charge in [0, 0.05) is 17.5 Å². The molecule has 1 aromatic heterocycles. The van der Waals surface area contributed by atoms with E-state index in [0.29, 0.717) is 18.6 Å². The van der Waals surface area contributed by atoms with E-state index in [1.54, 1.807) is 0 Å². The van der Waals surface area contributed by atoms with Crippen LogP contribution in [0.5, 0.6) is 0 Å². The first kappa shape index (κ1) is 15.0. The molecular formula is C13H10F2N2O3S. The first-order valence-corrected chi connectivity index (χ1v) is 6.81. The number of amides is 1. The topological polar surface area (TPSA) is 72.2 Å². The fourth-order valence-corrected chi connectivity index (χ4v) is 2.44. The molecule has 2 rings (SSSR count). The Morgan fingerprint density at radius 2 is 2.10 bits per heavy atom. The minimum atomic E-state index is -1.46. The highest BCUT2D eigenvalue weighted by Gasteiger charge is 2.25. The van der Waals surface area contributed by atoms with Crippen molar-refractivity contribution in [2.45, 2.75) is 6.42 Å². The van der Waals surface area contributed by atoms with Crippen molar-refractivity contribution in [1.29, 1.82) is 0 Å². The van der Waals surface area contributed by atoms with Crippen molar-refractivity contribution < 1.29 is 18.5 Å². The van der Waals surface area contributed by atoms with Gasteiger partial charge in [0.1, 0.15) is 11.4 Å². The molecular weight excluding hydrogens is 302 g/mol. The molecule has 5 nitrogen and oxygen atoms in total. The van der Waals surface area contributed by atoms with E-state index in [9.17, 15) is 23.7 Å². The van der Waals surface area contributed by atoms with E-state index in [1.165, 1.54) is 11.3 Å². The molecule has 0 atom stereocenters. The quantitative estimate of drug-likeness (QED) is 0.681. The van der Waals surface area contributed by atoms with Gasteiger partial charge < -0.3 is 5.32 Å². The fraction of sp³-hybridized carbons (Fsp3) is 0.154. The maximum atomic E-state index is 13.8. The van der Waals surface area contributed by atoms with Crippen LogP contribution in [-0.2, 0) is 6.42 Å². The van der Waals surface area contributed by atoms with E-state index in [2.05, 4.69) is 5.32 Å². The standard InChI is InChI=1S/C13H10F2N2O3S/c14-9-3-4-10(17(19)20)12(15)11(9)13(18)16-6-5-8-2-1-7-21-8/h1-4,7H,5-6H2,(H,16,18). The number of carbonyl (C=O) groups is 1. The van der Waals surface area contributed by atoms with Crippen LogP contribution in [0.3, 0.4) is 0 Å². The highest BCUT2D eigenvalue weighted by atomic mass is 32.1. The van der Waals surface area contributed by atoms with Crippen molar-refractivity contribution >= 4 is 22.9 Å². The summed E-state index contributed by atoms with van der Waals surface area (Å²) in [6, 6.07) is 5.11. The van der Waals surface area contributed by atoms with Gasteiger partial charge in [-0.05, 0) is 23.9 Å². The predicted octanol–water partition coefficient (Wildman–Crippen LogP) is 2.91. The van der Waals surface area contributed by atoms with Gasteiger partial charge in [0.2, 0.25) is 5.82 Å². The third kappa shape index (κ3) is 3.40. The molecule has 0 unspecified atom stereocenters. The molecule has 0 bridgehead atoms. The largest absolute Gasteiger partial charge is 0.351 e. The Bertz CT molecular complexity index is 674. The summed E-state index contributed by atoms with van der Waals surface area (Å²) in [6.45, 7) is 0.181. The summed E-state index contributed by atoms with van der Waals surface area (Å²) in [7, 11) is 0. The molecule has 2 aromatic rings. The number of halogens is 2. The van der Waals surface area contributed by atoms with E-state index in [1.807, 2.05) is 17.5 Å². The van der Waals surface area contributed by atoms with Gasteiger partial charge in [0.25, 0.3) is 5.91 Å². The first-order chi connectivity index (χ1) is 10.0. The Morgan fingerprint density at radius 3 is 2.71 bits per heavy atom. The molecule has 0 radical (unpaired) electrons. The summed E-state index contributed by atoms with van der Waals surface area (Å²) >= 11 is 1.49. The number of thiophene rings is 1. The maximum absolute atomic E-state index is 13.8. The van der Waals surface area contributed by atoms with Crippen molar-refractivity contribution in [3.05, 3.63) is 61.8 Å². The second kappa shape index (κ2) is 6.40. The zero-order valence-electron chi connectivity index (χ0n) is 10.6. The minimum absolute atomic E-state index is 0.181. The van der Waals surface area contributed by atoms with Crippen LogP contribution in [0.4, 0.5) is 14.5 Å². The SMILES string of the molecule is O=C(NCCc1cccs1)c1c(F)ccc([N+](=O)[O-])c1F. The van der Waals surface area contributed by atoms with Crippen molar-refractivity contribution in [3.63, 3.8) is 0 Å². The molecule has 0 spiro atoms. The summed E-state index contributed by atoms with van der Waals surface area (Å²) in [6.07, 6.45) is 0.515. The van der Waals surface area contributed by atoms with E-state index in [-0.39, 0.29) is 6.54 Å². The molecule has 0 aliphatic rings. The second-order valence-electron chi connectivity index (χ2n) is 4.10. The zero-order chi connectivity index (χ0) is 15.4. The van der Waals surface area contributed by atoms with Crippen LogP contribution in [0, 0.1) is 21.7 Å². The number of rotatable bonds is 5. The van der Waals surface area contributed by atoms with Crippen LogP contribution in [0.1, 0.15) is 15.2 Å². The number of benzene rings is 1. The van der Waals surface area contributed by atoms with Crippen LogP contribution in [0.2, 0.25) is 0 Å². The lowest BCUT2D eigenvalue weighted by Gasteiger charge is -2.06. The monoisotopic (exact) mass is 312 g/mol. The van der Waals surface area contributed by atoms with Gasteiger partial charge in [0.05, 0.1) is 4.92 Å². The number of hydrogen-bond donors (Lipinski definition) is 1. The fourth-order valence-electron chi connectivity index (χ4n) is 1.73. The Kier molecular flexibility index (Phi) is 4.59. The van der Waals surface area contributed by atoms with Crippen LogP contribution >= 0.6 is 11.3 Å². The lowest BCUT2D eigenvalue weighted by molar-refractivity contribution is -0.387. The Morgan fingerprint density at radius 1 is 1.33 bits per heavy atom. The summed E-state index contributed by atoms with van der Waals surface area (Å²) in [5.74, 6) is -3.61. The van der Waals surface area contributed by atoms with Crippen molar-refractivity contribution in [1.82, 2.24) is 5.32 Å². The molecule has 0 aliphatic heterocycles. The molecule has 0 aliphatic carbocycles. The van der Waals surface area contributed by atoms with Gasteiger partial charge in [-0.3, -0.25) is 14.9 Å². The van der Waals surface area contributed by atoms with Crippen LogP contribution in [-0.4, -0.2) is 17.4 Å². The van der Waals surface area contributed by atoms with Gasteiger partial charge in [0.15, 0.2) is 0 Å². The van der Waals surface area contributed by atoms with Gasteiger partial charge in [-0.25, -0.2) is 4.39 Å². The average Bonchev–Trinajstić information content (AvgIpc) is 2.91. The number of nitrogens with zero attached hydrogens (tertiary/aromatic N) is 1. The van der Waals surface area contributed by atoms with E-state index >= 15 is 0 Å². The number of hydrogen-bond acceptors (Lipinski definition) is 4. The number of carbonyl (C=O) groups excluding carboxylic acids is 1. The zero-order valence-corrected chi connectivity index (χ0v) is 11.5. The molecule has 0 saturated carbocycles. The van der Waals surface area contributed by atoms with E-state index in [4.69, 9.17) is 0 Å². The maximum Gasteiger partial charge on any atom is 0.305 e. The Hall–Kier alpha value is -2.35. The molecule has 1 amide bonds. The molecule has 0 fully saturated rings. The van der Waals surface area contributed by atoms with Gasteiger partial charge in [-0.15, -0.1) is 11.3 Å². The third-order valence-corrected chi connectivity index (χ3v) is 3.67. The number of nitro benzene ring substituents is 1. The Labute approximate surface area is 122 Å². The third-order valence-electron chi connectivity index (χ3n) is 2.73. The smallest absolute Gasteiger partial charge is 0.305 e. The lowest BCUT2D eigenvalue weighted by atomic mass is 10.1. The highest BCUT2D eigenvalue weighted by molar-refractivity contribution is 7.09. The molecule has 8 heteroatoms. The van der Waals surface area contributed by atoms with Crippen molar-refractivity contribution in [2.75, 3.05) is 6.54 Å². The number of nitrogens with one attached hydrogen (secondary N) is 1. The molecule has 21 heavy (non-hydrogen) atoms. The van der Waals surface area contributed by atoms with Crippen LogP contribution in [0.25, 0.3) is 0 Å². The van der Waals surface area contributed by atoms with Crippen molar-refractivity contribution in [3.8, 4) is 0 Å². The number of nitro groups is 1. The van der Waals surface area contributed by atoms with Gasteiger partial charge in [-0.2, -0.15) is 4.39 Å².